The second-order valence-electron chi connectivity index (χ2n) is 4.95. The molecule has 0 atom stereocenters. The van der Waals surface area contributed by atoms with E-state index in [1.165, 1.54) is 18.6 Å². The molecule has 0 aliphatic rings. The van der Waals surface area contributed by atoms with Crippen LogP contribution in [0.4, 0.5) is 15.8 Å². The lowest BCUT2D eigenvalue weighted by Crippen LogP contribution is -1.89. The highest BCUT2D eigenvalue weighted by molar-refractivity contribution is 5.94. The van der Waals surface area contributed by atoms with Gasteiger partial charge in [0.05, 0.1) is 0 Å². The molecule has 0 saturated heterocycles. The van der Waals surface area contributed by atoms with Crippen molar-refractivity contribution in [2.24, 2.45) is 4.99 Å². The number of hydrogen-bond donors (Lipinski definition) is 1. The molecule has 2 rings (SSSR count). The maximum absolute atomic E-state index is 13.4. The normalized spacial score (nSPS) is 10.5. The van der Waals surface area contributed by atoms with E-state index < -0.39 is 0 Å². The second-order valence-corrected chi connectivity index (χ2v) is 4.95. The molecule has 3 nitrogen and oxygen atoms in total. The summed E-state index contributed by atoms with van der Waals surface area (Å²) in [5, 5.41) is 0. The fourth-order valence-corrected chi connectivity index (χ4v) is 1.56. The molecule has 122 valence electrons. The Morgan fingerprint density at radius 1 is 1.22 bits per heavy atom. The highest BCUT2D eigenvalue weighted by Crippen LogP contribution is 2.33. The fraction of sp³-hybridized carbons (Fsp3) is 0.211. The van der Waals surface area contributed by atoms with Gasteiger partial charge in [0.25, 0.3) is 0 Å². The Labute approximate surface area is 137 Å². The summed E-state index contributed by atoms with van der Waals surface area (Å²) in [7, 11) is 0. The molecule has 0 bridgehead atoms. The lowest BCUT2D eigenvalue weighted by molar-refractivity contribution is 0.478. The van der Waals surface area contributed by atoms with E-state index in [2.05, 4.69) is 25.4 Å². The summed E-state index contributed by atoms with van der Waals surface area (Å²) in [4.78, 5) is 4.31. The van der Waals surface area contributed by atoms with Gasteiger partial charge < -0.3 is 10.5 Å². The molecular weight excluding hydrogens is 291 g/mol. The third-order valence-corrected chi connectivity index (χ3v) is 2.62. The van der Waals surface area contributed by atoms with Crippen LogP contribution >= 0.6 is 0 Å². The van der Waals surface area contributed by atoms with Crippen molar-refractivity contribution in [3.63, 3.8) is 0 Å². The minimum Gasteiger partial charge on any atom is -0.455 e. The Balaban J connectivity index is 0.000000816. The van der Waals surface area contributed by atoms with E-state index in [1.807, 2.05) is 6.92 Å². The van der Waals surface area contributed by atoms with Crippen LogP contribution < -0.4 is 10.5 Å². The highest BCUT2D eigenvalue weighted by Gasteiger charge is 2.06. The zero-order valence-corrected chi connectivity index (χ0v) is 13.8. The number of ether oxygens (including phenoxy) is 1. The van der Waals surface area contributed by atoms with Gasteiger partial charge in [0.15, 0.2) is 5.75 Å². The number of benzene rings is 2. The Kier molecular flexibility index (Phi) is 7.54. The van der Waals surface area contributed by atoms with E-state index in [0.29, 0.717) is 22.9 Å². The summed E-state index contributed by atoms with van der Waals surface area (Å²) in [5.41, 5.74) is 7.51. The van der Waals surface area contributed by atoms with Crippen LogP contribution in [-0.2, 0) is 0 Å². The largest absolute Gasteiger partial charge is 0.455 e. The summed E-state index contributed by atoms with van der Waals surface area (Å²) >= 11 is 0. The number of aliphatic imine (C=N–C) groups is 1. The highest BCUT2D eigenvalue weighted by atomic mass is 19.1. The zero-order chi connectivity index (χ0) is 17.2. The predicted molar refractivity (Wildman–Crippen MR) is 96.3 cm³/mol. The van der Waals surface area contributed by atoms with Crippen molar-refractivity contribution in [1.82, 2.24) is 0 Å². The first-order chi connectivity index (χ1) is 11.0. The first-order valence-corrected chi connectivity index (χ1v) is 7.50. The van der Waals surface area contributed by atoms with E-state index >= 15 is 0 Å². The lowest BCUT2D eigenvalue weighted by Gasteiger charge is -2.09. The molecule has 0 fully saturated rings. The molecule has 0 heterocycles. The average Bonchev–Trinajstić information content (AvgIpc) is 2.53. The molecule has 0 unspecified atom stereocenters. The quantitative estimate of drug-likeness (QED) is 0.564. The van der Waals surface area contributed by atoms with Crippen molar-refractivity contribution in [2.75, 3.05) is 5.73 Å². The number of nitrogen functional groups attached to an aromatic ring is 1. The summed E-state index contributed by atoms with van der Waals surface area (Å²) in [6.07, 6.45) is 2.87. The number of allylic oxidation sites excluding steroid dienone is 1. The van der Waals surface area contributed by atoms with Gasteiger partial charge in [-0.2, -0.15) is 0 Å². The molecule has 0 amide bonds. The Hall–Kier alpha value is -2.62. The number of hydrogen-bond acceptors (Lipinski definition) is 3. The van der Waals surface area contributed by atoms with Gasteiger partial charge >= 0.3 is 0 Å². The Morgan fingerprint density at radius 3 is 2.39 bits per heavy atom. The molecule has 0 spiro atoms. The lowest BCUT2D eigenvalue weighted by atomic mass is 10.2. The number of nitrogens with zero attached hydrogens (tertiary/aromatic N) is 1. The predicted octanol–water partition coefficient (Wildman–Crippen LogP) is 5.89. The van der Waals surface area contributed by atoms with Crippen molar-refractivity contribution in [2.45, 2.75) is 27.2 Å². The summed E-state index contributed by atoms with van der Waals surface area (Å²) in [6, 6.07) is 11.1. The van der Waals surface area contributed by atoms with Gasteiger partial charge in [-0.15, -0.1) is 0 Å². The minimum atomic E-state index is -0.384. The molecule has 0 radical (unpaired) electrons. The van der Waals surface area contributed by atoms with E-state index in [4.69, 9.17) is 10.5 Å². The zero-order valence-electron chi connectivity index (χ0n) is 13.8. The van der Waals surface area contributed by atoms with Gasteiger partial charge in [-0.3, -0.25) is 0 Å². The van der Waals surface area contributed by atoms with Gasteiger partial charge in [0.1, 0.15) is 17.3 Å². The average molecular weight is 314 g/mol. The third kappa shape index (κ3) is 6.34. The van der Waals surface area contributed by atoms with Gasteiger partial charge in [0, 0.05) is 17.5 Å². The smallest absolute Gasteiger partial charge is 0.155 e. The van der Waals surface area contributed by atoms with E-state index in [1.54, 1.807) is 36.4 Å². The Bertz CT molecular complexity index is 664. The standard InChI is InChI=1S/C16H15FN2O.C3H8/c1-3-11(2)19-15-9-4-12(17)10-16(15)20-14-7-5-13(18)6-8-14;1-3-2/h3-10H,1,18H2,2H3;3H2,1-2H3. The van der Waals surface area contributed by atoms with Crippen LogP contribution in [-0.4, -0.2) is 5.71 Å². The summed E-state index contributed by atoms with van der Waals surface area (Å²) in [5.74, 6) is 0.527. The van der Waals surface area contributed by atoms with E-state index in [-0.39, 0.29) is 5.82 Å². The molecule has 0 aromatic heterocycles. The minimum absolute atomic E-state index is 0.343. The van der Waals surface area contributed by atoms with Crippen molar-refractivity contribution >= 4 is 17.1 Å². The van der Waals surface area contributed by atoms with Crippen molar-refractivity contribution in [3.8, 4) is 11.5 Å². The van der Waals surface area contributed by atoms with Gasteiger partial charge in [-0.05, 0) is 49.4 Å². The van der Waals surface area contributed by atoms with Crippen molar-refractivity contribution < 1.29 is 9.13 Å². The fourth-order valence-electron chi connectivity index (χ4n) is 1.56. The maximum Gasteiger partial charge on any atom is 0.155 e. The summed E-state index contributed by atoms with van der Waals surface area (Å²) < 4.78 is 19.0. The number of halogens is 1. The SMILES string of the molecule is C=CC(C)=Nc1ccc(F)cc1Oc1ccc(N)cc1.CCC. The van der Waals surface area contributed by atoms with Crippen LogP contribution in [0.5, 0.6) is 11.5 Å². The third-order valence-electron chi connectivity index (χ3n) is 2.62. The number of rotatable bonds is 4. The molecule has 0 saturated carbocycles. The first kappa shape index (κ1) is 18.4. The van der Waals surface area contributed by atoms with Crippen LogP contribution in [0.1, 0.15) is 27.2 Å². The second kappa shape index (κ2) is 9.41. The van der Waals surface area contributed by atoms with Crippen LogP contribution in [0.2, 0.25) is 0 Å². The van der Waals surface area contributed by atoms with Gasteiger partial charge in [-0.1, -0.05) is 26.8 Å². The van der Waals surface area contributed by atoms with Gasteiger partial charge in [-0.25, -0.2) is 9.38 Å². The van der Waals surface area contributed by atoms with Crippen LogP contribution in [0.3, 0.4) is 0 Å². The molecule has 2 aromatic carbocycles. The molecule has 0 aliphatic heterocycles. The molecule has 23 heavy (non-hydrogen) atoms. The van der Waals surface area contributed by atoms with Crippen molar-refractivity contribution in [1.29, 1.82) is 0 Å². The first-order valence-electron chi connectivity index (χ1n) is 7.50. The van der Waals surface area contributed by atoms with E-state index in [0.717, 1.165) is 5.71 Å². The summed E-state index contributed by atoms with van der Waals surface area (Å²) in [6.45, 7) is 9.70. The van der Waals surface area contributed by atoms with Gasteiger partial charge in [0.2, 0.25) is 0 Å². The molecular formula is C19H23FN2O. The number of nitrogens with two attached hydrogens (primary N) is 1. The maximum atomic E-state index is 13.4. The number of anilines is 1. The van der Waals surface area contributed by atoms with E-state index in [9.17, 15) is 4.39 Å². The molecule has 4 heteroatoms. The van der Waals surface area contributed by atoms with Crippen LogP contribution in [0.25, 0.3) is 0 Å². The van der Waals surface area contributed by atoms with Crippen LogP contribution in [0.15, 0.2) is 60.1 Å². The molecule has 0 aliphatic carbocycles. The Morgan fingerprint density at radius 2 is 1.83 bits per heavy atom. The monoisotopic (exact) mass is 314 g/mol. The molecule has 2 N–H and O–H groups in total. The molecule has 2 aromatic rings. The topological polar surface area (TPSA) is 47.6 Å². The van der Waals surface area contributed by atoms with Crippen LogP contribution in [0, 0.1) is 5.82 Å². The van der Waals surface area contributed by atoms with Crippen molar-refractivity contribution in [3.05, 3.63) is 60.9 Å².